The van der Waals surface area contributed by atoms with E-state index in [-0.39, 0.29) is 17.9 Å². The molecule has 1 fully saturated rings. The van der Waals surface area contributed by atoms with Crippen molar-refractivity contribution in [1.29, 1.82) is 0 Å². The van der Waals surface area contributed by atoms with Crippen LogP contribution in [0.3, 0.4) is 0 Å². The second-order valence-electron chi connectivity index (χ2n) is 6.79. The summed E-state index contributed by atoms with van der Waals surface area (Å²) < 4.78 is 0. The van der Waals surface area contributed by atoms with E-state index in [1.807, 2.05) is 46.7 Å². The molecule has 25 heavy (non-hydrogen) atoms. The van der Waals surface area contributed by atoms with Crippen LogP contribution >= 0.6 is 11.3 Å². The molecule has 3 rings (SSSR count). The van der Waals surface area contributed by atoms with Crippen LogP contribution in [0.15, 0.2) is 41.8 Å². The van der Waals surface area contributed by atoms with Gasteiger partial charge in [0.05, 0.1) is 4.88 Å². The fraction of sp³-hybridized carbons (Fsp3) is 0.400. The average molecular weight is 356 g/mol. The van der Waals surface area contributed by atoms with Crippen LogP contribution in [0, 0.1) is 0 Å². The van der Waals surface area contributed by atoms with Gasteiger partial charge in [0.15, 0.2) is 0 Å². The Morgan fingerprint density at radius 1 is 1.12 bits per heavy atom. The Labute approximate surface area is 152 Å². The van der Waals surface area contributed by atoms with E-state index in [1.54, 1.807) is 0 Å². The topological polar surface area (TPSA) is 49.4 Å². The number of nitrogens with one attached hydrogen (secondary N) is 1. The first-order valence-corrected chi connectivity index (χ1v) is 9.66. The molecule has 0 aliphatic carbocycles. The molecule has 2 heterocycles. The zero-order chi connectivity index (χ0) is 17.8. The quantitative estimate of drug-likeness (QED) is 0.903. The van der Waals surface area contributed by atoms with E-state index < -0.39 is 0 Å². The lowest BCUT2D eigenvalue weighted by Crippen LogP contribution is -2.46. The maximum atomic E-state index is 12.4. The van der Waals surface area contributed by atoms with Crippen molar-refractivity contribution in [3.63, 3.8) is 0 Å². The van der Waals surface area contributed by atoms with Gasteiger partial charge < -0.3 is 10.2 Å². The number of piperidine rings is 1. The zero-order valence-corrected chi connectivity index (χ0v) is 15.5. The van der Waals surface area contributed by atoms with Crippen LogP contribution in [0.25, 0.3) is 0 Å². The number of likely N-dealkylation sites (tertiary alicyclic amines) is 1. The number of amides is 2. The van der Waals surface area contributed by atoms with Crippen LogP contribution in [0.1, 0.15) is 58.2 Å². The number of rotatable bonds is 4. The molecule has 2 aromatic rings. The first kappa shape index (κ1) is 17.7. The van der Waals surface area contributed by atoms with Crippen LogP contribution in [-0.4, -0.2) is 35.8 Å². The van der Waals surface area contributed by atoms with Gasteiger partial charge in [-0.2, -0.15) is 0 Å². The third-order valence-corrected chi connectivity index (χ3v) is 5.55. The smallest absolute Gasteiger partial charge is 0.263 e. The first-order chi connectivity index (χ1) is 12.0. The summed E-state index contributed by atoms with van der Waals surface area (Å²) in [5.74, 6) is 0.532. The molecule has 0 unspecified atom stereocenters. The highest BCUT2D eigenvalue weighted by molar-refractivity contribution is 7.12. The van der Waals surface area contributed by atoms with Crippen LogP contribution in [0.5, 0.6) is 0 Å². The molecule has 0 bridgehead atoms. The van der Waals surface area contributed by atoms with Crippen LogP contribution in [0.4, 0.5) is 0 Å². The van der Waals surface area contributed by atoms with Gasteiger partial charge in [-0.15, -0.1) is 11.3 Å². The fourth-order valence-corrected chi connectivity index (χ4v) is 3.76. The molecule has 0 radical (unpaired) electrons. The molecule has 0 atom stereocenters. The molecular weight excluding hydrogens is 332 g/mol. The Morgan fingerprint density at radius 2 is 1.80 bits per heavy atom. The van der Waals surface area contributed by atoms with Gasteiger partial charge in [0.2, 0.25) is 0 Å². The average Bonchev–Trinajstić information content (AvgIpc) is 3.16. The van der Waals surface area contributed by atoms with E-state index in [0.29, 0.717) is 24.6 Å². The number of benzene rings is 1. The molecule has 4 nitrogen and oxygen atoms in total. The van der Waals surface area contributed by atoms with Gasteiger partial charge in [0, 0.05) is 24.7 Å². The number of hydrogen-bond acceptors (Lipinski definition) is 3. The van der Waals surface area contributed by atoms with E-state index in [0.717, 1.165) is 17.7 Å². The number of hydrogen-bond donors (Lipinski definition) is 1. The summed E-state index contributed by atoms with van der Waals surface area (Å²) in [4.78, 5) is 27.4. The number of nitrogens with zero attached hydrogens (tertiary/aromatic N) is 1. The predicted octanol–water partition coefficient (Wildman–Crippen LogP) is 3.91. The van der Waals surface area contributed by atoms with Crippen molar-refractivity contribution in [3.8, 4) is 0 Å². The Kier molecular flexibility index (Phi) is 5.53. The van der Waals surface area contributed by atoms with Crippen LogP contribution in [-0.2, 0) is 0 Å². The molecular formula is C20H24N2O2S. The maximum absolute atomic E-state index is 12.4. The summed E-state index contributed by atoms with van der Waals surface area (Å²) >= 11 is 1.48. The van der Waals surface area contributed by atoms with E-state index in [4.69, 9.17) is 0 Å². The van der Waals surface area contributed by atoms with Crippen molar-refractivity contribution in [3.05, 3.63) is 57.8 Å². The number of carbonyl (C=O) groups is 2. The highest BCUT2D eigenvalue weighted by Gasteiger charge is 2.25. The summed E-state index contributed by atoms with van der Waals surface area (Å²) in [5, 5.41) is 5.03. The van der Waals surface area contributed by atoms with Crippen LogP contribution in [0.2, 0.25) is 0 Å². The van der Waals surface area contributed by atoms with Gasteiger partial charge in [-0.05, 0) is 47.9 Å². The zero-order valence-electron chi connectivity index (χ0n) is 14.7. The molecule has 1 aliphatic rings. The van der Waals surface area contributed by atoms with E-state index in [1.165, 1.54) is 16.9 Å². The normalized spacial score (nSPS) is 15.4. The van der Waals surface area contributed by atoms with Gasteiger partial charge in [-0.1, -0.05) is 32.0 Å². The summed E-state index contributed by atoms with van der Waals surface area (Å²) in [7, 11) is 0. The molecule has 1 aromatic carbocycles. The maximum Gasteiger partial charge on any atom is 0.263 e. The predicted molar refractivity (Wildman–Crippen MR) is 101 cm³/mol. The first-order valence-electron chi connectivity index (χ1n) is 8.78. The summed E-state index contributed by atoms with van der Waals surface area (Å²) in [6.07, 6.45) is 1.60. The molecule has 0 saturated carbocycles. The van der Waals surface area contributed by atoms with Crippen LogP contribution < -0.4 is 5.32 Å². The van der Waals surface area contributed by atoms with E-state index in [9.17, 15) is 9.59 Å². The number of thiophene rings is 1. The largest absolute Gasteiger partial charge is 0.349 e. The third kappa shape index (κ3) is 4.28. The Bertz CT molecular complexity index is 715. The van der Waals surface area contributed by atoms with Gasteiger partial charge >= 0.3 is 0 Å². The van der Waals surface area contributed by atoms with Gasteiger partial charge in [-0.3, -0.25) is 9.59 Å². The van der Waals surface area contributed by atoms with E-state index in [2.05, 4.69) is 19.2 Å². The molecule has 1 saturated heterocycles. The van der Waals surface area contributed by atoms with Gasteiger partial charge in [0.25, 0.3) is 11.8 Å². The van der Waals surface area contributed by atoms with Crippen molar-refractivity contribution in [2.24, 2.45) is 0 Å². The second-order valence-corrected chi connectivity index (χ2v) is 7.74. The monoisotopic (exact) mass is 356 g/mol. The highest BCUT2D eigenvalue weighted by atomic mass is 32.1. The molecule has 132 valence electrons. The Morgan fingerprint density at radius 3 is 2.36 bits per heavy atom. The third-order valence-electron chi connectivity index (χ3n) is 4.69. The van der Waals surface area contributed by atoms with Crippen molar-refractivity contribution in [2.45, 2.75) is 38.6 Å². The van der Waals surface area contributed by atoms with Crippen molar-refractivity contribution >= 4 is 23.2 Å². The molecule has 0 spiro atoms. The number of carbonyl (C=O) groups excluding carboxylic acids is 2. The lowest BCUT2D eigenvalue weighted by atomic mass is 10.0. The lowest BCUT2D eigenvalue weighted by Gasteiger charge is -2.32. The standard InChI is InChI=1S/C20H24N2O2S/c1-14(2)15-5-7-16(8-6-15)19(23)21-17-9-11-22(12-10-17)20(24)18-4-3-13-25-18/h3-8,13-14,17H,9-12H2,1-2H3,(H,21,23). The fourth-order valence-electron chi connectivity index (χ4n) is 3.07. The minimum atomic E-state index is -0.0293. The minimum Gasteiger partial charge on any atom is -0.349 e. The summed E-state index contributed by atoms with van der Waals surface area (Å²) in [6.45, 7) is 5.66. The van der Waals surface area contributed by atoms with Crippen molar-refractivity contribution in [1.82, 2.24) is 10.2 Å². The van der Waals surface area contributed by atoms with Crippen molar-refractivity contribution in [2.75, 3.05) is 13.1 Å². The second kappa shape index (κ2) is 7.83. The Balaban J connectivity index is 1.51. The molecule has 1 aromatic heterocycles. The van der Waals surface area contributed by atoms with Crippen molar-refractivity contribution < 1.29 is 9.59 Å². The summed E-state index contributed by atoms with van der Waals surface area (Å²) in [5.41, 5.74) is 1.93. The van der Waals surface area contributed by atoms with Gasteiger partial charge in [0.1, 0.15) is 0 Å². The van der Waals surface area contributed by atoms with Gasteiger partial charge in [-0.25, -0.2) is 0 Å². The minimum absolute atomic E-state index is 0.0293. The molecule has 1 N–H and O–H groups in total. The SMILES string of the molecule is CC(C)c1ccc(C(=O)NC2CCN(C(=O)c3cccs3)CC2)cc1. The highest BCUT2D eigenvalue weighted by Crippen LogP contribution is 2.18. The molecule has 5 heteroatoms. The molecule has 2 amide bonds. The molecule has 1 aliphatic heterocycles. The van der Waals surface area contributed by atoms with E-state index >= 15 is 0 Å². The summed E-state index contributed by atoms with van der Waals surface area (Å²) in [6, 6.07) is 11.7. The Hall–Kier alpha value is -2.14. The lowest BCUT2D eigenvalue weighted by molar-refractivity contribution is 0.0703.